The number of non-ortho nitro benzene ring substituents is 1. The summed E-state index contributed by atoms with van der Waals surface area (Å²) in [5, 5.41) is 11.0. The molecule has 4 nitrogen and oxygen atoms in total. The first-order valence-corrected chi connectivity index (χ1v) is 5.73. The number of hydrogen-bond donors (Lipinski definition) is 0. The summed E-state index contributed by atoms with van der Waals surface area (Å²) in [7, 11) is 0. The van der Waals surface area contributed by atoms with Gasteiger partial charge in [0.2, 0.25) is 0 Å². The van der Waals surface area contributed by atoms with Gasteiger partial charge in [0.05, 0.1) is 16.0 Å². The third-order valence-corrected chi connectivity index (χ3v) is 3.72. The van der Waals surface area contributed by atoms with Crippen LogP contribution in [0.1, 0.15) is 13.8 Å². The molecule has 0 spiro atoms. The molecule has 1 unspecified atom stereocenters. The van der Waals surface area contributed by atoms with Gasteiger partial charge >= 0.3 is 0 Å². The highest BCUT2D eigenvalue weighted by atomic mass is 127. The van der Waals surface area contributed by atoms with Crippen molar-refractivity contribution in [2.24, 2.45) is 0 Å². The molecular weight excluding hydrogens is 339 g/mol. The number of fused-ring (bicyclic) bond motifs is 1. The zero-order valence-corrected chi connectivity index (χ0v) is 12.2. The Balaban J connectivity index is 0.00000128. The van der Waals surface area contributed by atoms with Crippen LogP contribution in [0.25, 0.3) is 0 Å². The number of nitro groups is 1. The minimum absolute atomic E-state index is 0. The van der Waals surface area contributed by atoms with Gasteiger partial charge < -0.3 is 4.90 Å². The number of benzene rings is 1. The van der Waals surface area contributed by atoms with E-state index in [1.54, 1.807) is 23.9 Å². The van der Waals surface area contributed by atoms with Crippen LogP contribution in [0.5, 0.6) is 0 Å². The van der Waals surface area contributed by atoms with E-state index in [1.165, 1.54) is 0 Å². The molecule has 1 atom stereocenters. The molecule has 6 heteroatoms. The SMILES string of the molecule is CCN1c2ccc([N+](=O)[O-])cc2SC1C.I. The molecule has 0 bridgehead atoms. The number of anilines is 1. The molecule has 0 saturated carbocycles. The third kappa shape index (κ3) is 2.27. The first-order valence-electron chi connectivity index (χ1n) is 4.85. The predicted octanol–water partition coefficient (Wildman–Crippen LogP) is 3.49. The Bertz CT molecular complexity index is 414. The van der Waals surface area contributed by atoms with Crippen molar-refractivity contribution in [3.8, 4) is 0 Å². The maximum atomic E-state index is 10.6. The van der Waals surface area contributed by atoms with Crippen molar-refractivity contribution in [2.45, 2.75) is 24.1 Å². The monoisotopic (exact) mass is 352 g/mol. The van der Waals surface area contributed by atoms with E-state index in [-0.39, 0.29) is 34.6 Å². The van der Waals surface area contributed by atoms with E-state index >= 15 is 0 Å². The van der Waals surface area contributed by atoms with Crippen LogP contribution in [0, 0.1) is 10.1 Å². The summed E-state index contributed by atoms with van der Waals surface area (Å²) in [6.07, 6.45) is 0. The summed E-state index contributed by atoms with van der Waals surface area (Å²) in [5.41, 5.74) is 1.28. The Morgan fingerprint density at radius 2 is 2.25 bits per heavy atom. The molecule has 1 aromatic rings. The molecule has 2 rings (SSSR count). The van der Waals surface area contributed by atoms with E-state index in [0.29, 0.717) is 5.37 Å². The normalized spacial score (nSPS) is 17.9. The van der Waals surface area contributed by atoms with Gasteiger partial charge in [-0.2, -0.15) is 0 Å². The molecule has 16 heavy (non-hydrogen) atoms. The summed E-state index contributed by atoms with van der Waals surface area (Å²) in [5.74, 6) is 0. The van der Waals surface area contributed by atoms with E-state index < -0.39 is 0 Å². The Hall–Kier alpha value is -0.500. The van der Waals surface area contributed by atoms with Crippen molar-refractivity contribution in [2.75, 3.05) is 11.4 Å². The van der Waals surface area contributed by atoms with Crippen molar-refractivity contribution in [1.82, 2.24) is 0 Å². The molecule has 0 aliphatic carbocycles. The van der Waals surface area contributed by atoms with Gasteiger partial charge in [-0.05, 0) is 19.9 Å². The summed E-state index contributed by atoms with van der Waals surface area (Å²) in [6, 6.07) is 5.07. The fourth-order valence-electron chi connectivity index (χ4n) is 1.82. The van der Waals surface area contributed by atoms with Crippen LogP contribution in [0.4, 0.5) is 11.4 Å². The fraction of sp³-hybridized carbons (Fsp3) is 0.400. The zero-order chi connectivity index (χ0) is 11.0. The molecular formula is C10H13IN2O2S. The van der Waals surface area contributed by atoms with Crippen LogP contribution >= 0.6 is 35.7 Å². The van der Waals surface area contributed by atoms with E-state index in [1.807, 2.05) is 6.07 Å². The van der Waals surface area contributed by atoms with Gasteiger partial charge in [-0.25, -0.2) is 0 Å². The number of hydrogen-bond acceptors (Lipinski definition) is 4. The first-order chi connectivity index (χ1) is 7.13. The highest BCUT2D eigenvalue weighted by Gasteiger charge is 2.26. The summed E-state index contributed by atoms with van der Waals surface area (Å²) in [6.45, 7) is 5.13. The van der Waals surface area contributed by atoms with Gasteiger partial charge in [0.15, 0.2) is 0 Å². The average molecular weight is 352 g/mol. The second-order valence-corrected chi connectivity index (χ2v) is 4.77. The van der Waals surface area contributed by atoms with Crippen molar-refractivity contribution in [1.29, 1.82) is 0 Å². The molecule has 1 aliphatic heterocycles. The van der Waals surface area contributed by atoms with Crippen LogP contribution in [0.2, 0.25) is 0 Å². The third-order valence-electron chi connectivity index (χ3n) is 2.54. The van der Waals surface area contributed by atoms with Crippen molar-refractivity contribution in [3.05, 3.63) is 28.3 Å². The lowest BCUT2D eigenvalue weighted by molar-refractivity contribution is -0.385. The van der Waals surface area contributed by atoms with E-state index in [9.17, 15) is 10.1 Å². The van der Waals surface area contributed by atoms with E-state index in [4.69, 9.17) is 0 Å². The van der Waals surface area contributed by atoms with Gasteiger partial charge in [0.25, 0.3) is 5.69 Å². The second kappa shape index (κ2) is 5.22. The maximum absolute atomic E-state index is 10.6. The number of nitro benzene ring substituents is 1. The molecule has 0 saturated heterocycles. The number of rotatable bonds is 2. The minimum Gasteiger partial charge on any atom is -0.359 e. The maximum Gasteiger partial charge on any atom is 0.270 e. The average Bonchev–Trinajstić information content (AvgIpc) is 2.51. The van der Waals surface area contributed by atoms with Crippen LogP contribution in [0.3, 0.4) is 0 Å². The standard InChI is InChI=1S/C10H12N2O2S.HI/c1-3-11-7(2)15-10-6-8(12(13)14)4-5-9(10)11;/h4-7H,3H2,1-2H3;1H. The van der Waals surface area contributed by atoms with Gasteiger partial charge in [-0.15, -0.1) is 24.0 Å². The minimum atomic E-state index is -0.347. The number of halogens is 1. The molecule has 0 amide bonds. The van der Waals surface area contributed by atoms with Crippen LogP contribution in [0.15, 0.2) is 23.1 Å². The van der Waals surface area contributed by atoms with Gasteiger partial charge in [-0.1, -0.05) is 11.8 Å². The van der Waals surface area contributed by atoms with Gasteiger partial charge in [0.1, 0.15) is 0 Å². The quantitative estimate of drug-likeness (QED) is 0.464. The largest absolute Gasteiger partial charge is 0.359 e. The Labute approximate surface area is 116 Å². The topological polar surface area (TPSA) is 46.4 Å². The molecule has 1 aliphatic rings. The molecule has 0 fully saturated rings. The molecule has 0 aromatic heterocycles. The van der Waals surface area contributed by atoms with Crippen LogP contribution < -0.4 is 4.90 Å². The highest BCUT2D eigenvalue weighted by molar-refractivity contribution is 14.0. The molecule has 1 aromatic carbocycles. The Morgan fingerprint density at radius 1 is 1.56 bits per heavy atom. The predicted molar refractivity (Wildman–Crippen MR) is 76.9 cm³/mol. The summed E-state index contributed by atoms with van der Waals surface area (Å²) in [4.78, 5) is 13.5. The summed E-state index contributed by atoms with van der Waals surface area (Å²) >= 11 is 1.68. The van der Waals surface area contributed by atoms with Gasteiger partial charge in [0, 0.05) is 23.6 Å². The fourth-order valence-corrected chi connectivity index (χ4v) is 3.07. The lowest BCUT2D eigenvalue weighted by atomic mass is 10.2. The van der Waals surface area contributed by atoms with Crippen LogP contribution in [-0.4, -0.2) is 16.8 Å². The van der Waals surface area contributed by atoms with E-state index in [2.05, 4.69) is 18.7 Å². The number of thioether (sulfide) groups is 1. The highest BCUT2D eigenvalue weighted by Crippen LogP contribution is 2.44. The second-order valence-electron chi connectivity index (χ2n) is 3.41. The van der Waals surface area contributed by atoms with Crippen molar-refractivity contribution in [3.63, 3.8) is 0 Å². The summed E-state index contributed by atoms with van der Waals surface area (Å²) < 4.78 is 0. The smallest absolute Gasteiger partial charge is 0.270 e. The van der Waals surface area contributed by atoms with Crippen LogP contribution in [-0.2, 0) is 0 Å². The van der Waals surface area contributed by atoms with Crippen molar-refractivity contribution >= 4 is 47.1 Å². The lowest BCUT2D eigenvalue weighted by Crippen LogP contribution is -2.25. The molecule has 0 radical (unpaired) electrons. The van der Waals surface area contributed by atoms with Gasteiger partial charge in [-0.3, -0.25) is 10.1 Å². The number of nitrogens with zero attached hydrogens (tertiary/aromatic N) is 2. The lowest BCUT2D eigenvalue weighted by Gasteiger charge is -2.21. The zero-order valence-electron chi connectivity index (χ0n) is 9.04. The Kier molecular flexibility index (Phi) is 4.43. The molecule has 1 heterocycles. The molecule has 88 valence electrons. The van der Waals surface area contributed by atoms with E-state index in [0.717, 1.165) is 17.1 Å². The molecule has 0 N–H and O–H groups in total. The Morgan fingerprint density at radius 3 is 2.81 bits per heavy atom. The first kappa shape index (κ1) is 13.6. The van der Waals surface area contributed by atoms with Crippen molar-refractivity contribution < 1.29 is 4.92 Å².